The number of unbranched alkanes of at least 4 members (excludes halogenated alkanes) is 2. The van der Waals surface area contributed by atoms with Gasteiger partial charge in [-0.25, -0.2) is 4.68 Å². The summed E-state index contributed by atoms with van der Waals surface area (Å²) in [5, 5.41) is 14.5. The van der Waals surface area contributed by atoms with Gasteiger partial charge < -0.3 is 10.6 Å². The Balaban J connectivity index is 1.95. The van der Waals surface area contributed by atoms with Crippen LogP contribution in [0.25, 0.3) is 0 Å². The first-order valence-corrected chi connectivity index (χ1v) is 7.64. The first-order chi connectivity index (χ1) is 9.74. The predicted molar refractivity (Wildman–Crippen MR) is 77.8 cm³/mol. The molecule has 0 aliphatic carbocycles. The lowest BCUT2D eigenvalue weighted by molar-refractivity contribution is 0.0947. The van der Waals surface area contributed by atoms with Crippen LogP contribution >= 0.6 is 0 Å². The molecule has 0 atom stereocenters. The molecule has 112 valence electrons. The number of amides is 1. The number of nitrogens with one attached hydrogen (secondary N) is 2. The van der Waals surface area contributed by atoms with Crippen molar-refractivity contribution in [1.82, 2.24) is 25.6 Å². The number of hydrogen-bond donors (Lipinski definition) is 2. The van der Waals surface area contributed by atoms with E-state index in [0.29, 0.717) is 18.3 Å². The molecule has 6 nitrogen and oxygen atoms in total. The van der Waals surface area contributed by atoms with Gasteiger partial charge in [0.05, 0.1) is 11.7 Å². The van der Waals surface area contributed by atoms with Crippen LogP contribution in [-0.2, 0) is 0 Å². The van der Waals surface area contributed by atoms with Gasteiger partial charge >= 0.3 is 0 Å². The molecule has 0 spiro atoms. The van der Waals surface area contributed by atoms with Gasteiger partial charge in [0, 0.05) is 6.54 Å². The number of nitrogens with zero attached hydrogens (tertiary/aromatic N) is 3. The highest BCUT2D eigenvalue weighted by Crippen LogP contribution is 2.20. The Morgan fingerprint density at radius 1 is 1.40 bits per heavy atom. The summed E-state index contributed by atoms with van der Waals surface area (Å²) in [6.45, 7) is 6.80. The van der Waals surface area contributed by atoms with Gasteiger partial charge in [0.1, 0.15) is 0 Å². The fraction of sp³-hybridized carbons (Fsp3) is 0.786. The summed E-state index contributed by atoms with van der Waals surface area (Å²) in [4.78, 5) is 12.1. The number of piperidine rings is 1. The monoisotopic (exact) mass is 279 g/mol. The van der Waals surface area contributed by atoms with Gasteiger partial charge in [0.2, 0.25) is 0 Å². The summed E-state index contributed by atoms with van der Waals surface area (Å²) >= 11 is 0. The average Bonchev–Trinajstić information content (AvgIpc) is 2.86. The second kappa shape index (κ2) is 7.38. The largest absolute Gasteiger partial charge is 0.351 e. The second-order valence-corrected chi connectivity index (χ2v) is 5.41. The molecule has 1 aromatic heterocycles. The third-order valence-corrected chi connectivity index (χ3v) is 3.86. The SMILES string of the molecule is CCCCCNC(=O)c1nnn(C2CCNCC2)c1C. The standard InChI is InChI=1S/C14H25N5O/c1-3-4-5-8-16-14(20)13-11(2)19(18-17-13)12-6-9-15-10-7-12/h12,15H,3-10H2,1-2H3,(H,16,20). The van der Waals surface area contributed by atoms with Gasteiger partial charge in [-0.15, -0.1) is 5.10 Å². The molecule has 1 aliphatic rings. The molecule has 0 bridgehead atoms. The van der Waals surface area contributed by atoms with E-state index in [9.17, 15) is 4.79 Å². The van der Waals surface area contributed by atoms with Crippen molar-refractivity contribution < 1.29 is 4.79 Å². The van der Waals surface area contributed by atoms with E-state index >= 15 is 0 Å². The maximum Gasteiger partial charge on any atom is 0.273 e. The molecular formula is C14H25N5O. The highest BCUT2D eigenvalue weighted by molar-refractivity contribution is 5.93. The first-order valence-electron chi connectivity index (χ1n) is 7.64. The van der Waals surface area contributed by atoms with Crippen LogP contribution in [0.1, 0.15) is 61.3 Å². The van der Waals surface area contributed by atoms with Crippen LogP contribution < -0.4 is 10.6 Å². The topological polar surface area (TPSA) is 71.8 Å². The first kappa shape index (κ1) is 15.0. The van der Waals surface area contributed by atoms with Crippen LogP contribution in [0.4, 0.5) is 0 Å². The van der Waals surface area contributed by atoms with Crippen LogP contribution in [0.15, 0.2) is 0 Å². The van der Waals surface area contributed by atoms with Crippen molar-refractivity contribution in [1.29, 1.82) is 0 Å². The Kier molecular flexibility index (Phi) is 5.52. The Morgan fingerprint density at radius 3 is 2.85 bits per heavy atom. The third-order valence-electron chi connectivity index (χ3n) is 3.86. The molecule has 1 saturated heterocycles. The number of aromatic nitrogens is 3. The molecule has 0 aromatic carbocycles. The van der Waals surface area contributed by atoms with E-state index < -0.39 is 0 Å². The van der Waals surface area contributed by atoms with Crippen molar-refractivity contribution in [3.05, 3.63) is 11.4 Å². The zero-order valence-corrected chi connectivity index (χ0v) is 12.5. The van der Waals surface area contributed by atoms with E-state index in [4.69, 9.17) is 0 Å². The van der Waals surface area contributed by atoms with E-state index in [1.165, 1.54) is 0 Å². The van der Waals surface area contributed by atoms with Crippen molar-refractivity contribution in [3.63, 3.8) is 0 Å². The molecule has 1 amide bonds. The Labute approximate surface area is 120 Å². The lowest BCUT2D eigenvalue weighted by atomic mass is 10.1. The van der Waals surface area contributed by atoms with Gasteiger partial charge in [0.25, 0.3) is 5.91 Å². The van der Waals surface area contributed by atoms with Crippen LogP contribution in [0.5, 0.6) is 0 Å². The van der Waals surface area contributed by atoms with Gasteiger partial charge in [0.15, 0.2) is 5.69 Å². The van der Waals surface area contributed by atoms with Crippen LogP contribution in [0.2, 0.25) is 0 Å². The maximum atomic E-state index is 12.1. The normalized spacial score (nSPS) is 16.3. The number of carbonyl (C=O) groups is 1. The van der Waals surface area contributed by atoms with E-state index in [1.807, 2.05) is 11.6 Å². The van der Waals surface area contributed by atoms with Gasteiger partial charge in [-0.2, -0.15) is 0 Å². The predicted octanol–water partition coefficient (Wildman–Crippen LogP) is 1.43. The van der Waals surface area contributed by atoms with Crippen LogP contribution in [0, 0.1) is 6.92 Å². The fourth-order valence-corrected chi connectivity index (χ4v) is 2.61. The molecule has 1 aromatic rings. The molecule has 0 radical (unpaired) electrons. The Hall–Kier alpha value is -1.43. The second-order valence-electron chi connectivity index (χ2n) is 5.41. The summed E-state index contributed by atoms with van der Waals surface area (Å²) in [6.07, 6.45) is 5.40. The van der Waals surface area contributed by atoms with Crippen molar-refractivity contribution in [2.45, 2.75) is 52.0 Å². The maximum absolute atomic E-state index is 12.1. The summed E-state index contributed by atoms with van der Waals surface area (Å²) < 4.78 is 1.92. The van der Waals surface area contributed by atoms with E-state index in [0.717, 1.165) is 50.9 Å². The zero-order chi connectivity index (χ0) is 14.4. The number of hydrogen-bond acceptors (Lipinski definition) is 4. The van der Waals surface area contributed by atoms with Crippen molar-refractivity contribution in [2.24, 2.45) is 0 Å². The fourth-order valence-electron chi connectivity index (χ4n) is 2.61. The van der Waals surface area contributed by atoms with Crippen LogP contribution in [-0.4, -0.2) is 40.5 Å². The summed E-state index contributed by atoms with van der Waals surface area (Å²) in [6, 6.07) is 0.366. The molecule has 0 saturated carbocycles. The van der Waals surface area contributed by atoms with Gasteiger partial charge in [-0.3, -0.25) is 4.79 Å². The van der Waals surface area contributed by atoms with Crippen molar-refractivity contribution in [2.75, 3.05) is 19.6 Å². The van der Waals surface area contributed by atoms with E-state index in [-0.39, 0.29) is 5.91 Å². The van der Waals surface area contributed by atoms with Crippen LogP contribution in [0.3, 0.4) is 0 Å². The molecule has 2 rings (SSSR count). The van der Waals surface area contributed by atoms with Gasteiger partial charge in [-0.05, 0) is 39.3 Å². The smallest absolute Gasteiger partial charge is 0.273 e. The quantitative estimate of drug-likeness (QED) is 0.773. The highest BCUT2D eigenvalue weighted by atomic mass is 16.2. The number of rotatable bonds is 6. The molecule has 6 heteroatoms. The minimum absolute atomic E-state index is 0.0983. The summed E-state index contributed by atoms with van der Waals surface area (Å²) in [5.41, 5.74) is 1.35. The third kappa shape index (κ3) is 3.56. The molecule has 20 heavy (non-hydrogen) atoms. The van der Waals surface area contributed by atoms with Crippen molar-refractivity contribution >= 4 is 5.91 Å². The van der Waals surface area contributed by atoms with E-state index in [1.54, 1.807) is 0 Å². The molecule has 2 N–H and O–H groups in total. The number of carbonyl (C=O) groups excluding carboxylic acids is 1. The van der Waals surface area contributed by atoms with Crippen molar-refractivity contribution in [3.8, 4) is 0 Å². The molecule has 1 fully saturated rings. The lowest BCUT2D eigenvalue weighted by Crippen LogP contribution is -2.30. The molecular weight excluding hydrogens is 254 g/mol. The average molecular weight is 279 g/mol. The molecule has 2 heterocycles. The lowest BCUT2D eigenvalue weighted by Gasteiger charge is -2.23. The summed E-state index contributed by atoms with van der Waals surface area (Å²) in [5.74, 6) is -0.0983. The Morgan fingerprint density at radius 2 is 2.15 bits per heavy atom. The summed E-state index contributed by atoms with van der Waals surface area (Å²) in [7, 11) is 0. The zero-order valence-electron chi connectivity index (χ0n) is 12.5. The van der Waals surface area contributed by atoms with Gasteiger partial charge in [-0.1, -0.05) is 25.0 Å². The highest BCUT2D eigenvalue weighted by Gasteiger charge is 2.22. The molecule has 0 unspecified atom stereocenters. The minimum Gasteiger partial charge on any atom is -0.351 e. The Bertz CT molecular complexity index is 437. The molecule has 1 aliphatic heterocycles. The minimum atomic E-state index is -0.0983. The van der Waals surface area contributed by atoms with E-state index in [2.05, 4.69) is 27.9 Å².